The molecule has 5 rings (SSSR count). The number of imidazole rings is 1. The van der Waals surface area contributed by atoms with Crippen LogP contribution in [-0.2, 0) is 19.3 Å². The Labute approximate surface area is 202 Å². The Bertz CT molecular complexity index is 1620. The summed E-state index contributed by atoms with van der Waals surface area (Å²) in [6.07, 6.45) is -0.639. The highest BCUT2D eigenvalue weighted by molar-refractivity contribution is 5.77. The van der Waals surface area contributed by atoms with Crippen molar-refractivity contribution in [3.63, 3.8) is 0 Å². The second-order valence-corrected chi connectivity index (χ2v) is 8.31. The molecule has 0 fully saturated rings. The molecule has 3 heterocycles. The number of halogens is 4. The predicted molar refractivity (Wildman–Crippen MR) is 126 cm³/mol. The van der Waals surface area contributed by atoms with Crippen molar-refractivity contribution in [1.82, 2.24) is 29.3 Å². The van der Waals surface area contributed by atoms with E-state index in [9.17, 15) is 22.4 Å². The first kappa shape index (κ1) is 23.5. The van der Waals surface area contributed by atoms with Gasteiger partial charge in [-0.1, -0.05) is 31.2 Å². The normalized spacial score (nSPS) is 11.9. The van der Waals surface area contributed by atoms with Crippen molar-refractivity contribution in [2.24, 2.45) is 0 Å². The van der Waals surface area contributed by atoms with Crippen LogP contribution in [0.5, 0.6) is 0 Å². The van der Waals surface area contributed by atoms with Gasteiger partial charge in [0.2, 0.25) is 0 Å². The van der Waals surface area contributed by atoms with E-state index in [4.69, 9.17) is 0 Å². The number of fused-ring (bicyclic) bond motifs is 1. The van der Waals surface area contributed by atoms with Gasteiger partial charge in [0, 0.05) is 18.3 Å². The number of nitrogens with one attached hydrogen (secondary N) is 1. The highest BCUT2D eigenvalue weighted by atomic mass is 19.4. The molecule has 0 atom stereocenters. The van der Waals surface area contributed by atoms with Gasteiger partial charge in [-0.3, -0.25) is 14.0 Å². The third kappa shape index (κ3) is 4.51. The van der Waals surface area contributed by atoms with Crippen LogP contribution in [0, 0.1) is 5.82 Å². The van der Waals surface area contributed by atoms with Gasteiger partial charge in [0.05, 0.1) is 23.9 Å². The van der Waals surface area contributed by atoms with E-state index in [1.54, 1.807) is 24.4 Å². The minimum atomic E-state index is -4.43. The molecular formula is C25H20F4N6O. The fourth-order valence-electron chi connectivity index (χ4n) is 4.01. The number of hydrogen-bond acceptors (Lipinski definition) is 4. The maximum Gasteiger partial charge on any atom is 0.416 e. The average molecular weight is 496 g/mol. The summed E-state index contributed by atoms with van der Waals surface area (Å²) >= 11 is 0. The van der Waals surface area contributed by atoms with Gasteiger partial charge >= 0.3 is 6.18 Å². The quantitative estimate of drug-likeness (QED) is 0.325. The van der Waals surface area contributed by atoms with E-state index in [-0.39, 0.29) is 23.3 Å². The van der Waals surface area contributed by atoms with Crippen molar-refractivity contribution in [2.45, 2.75) is 32.6 Å². The molecule has 0 bridgehead atoms. The minimum Gasteiger partial charge on any atom is -0.332 e. The van der Waals surface area contributed by atoms with Crippen LogP contribution in [0.4, 0.5) is 17.6 Å². The maximum absolute atomic E-state index is 13.8. The Morgan fingerprint density at radius 2 is 1.83 bits per heavy atom. The standard InChI is InChI=1S/C25H20F4N6O/c1-2-9-35-23(16-6-4-8-19(26)11-16)33-22-20(24(35)36)31-21(32-22)17-12-30-34(14-17)13-15-5-3-7-18(10-15)25(27,28)29/h3-8,10-12,14H,2,9,13H2,1H3,(H,31,32). The van der Waals surface area contributed by atoms with E-state index in [1.807, 2.05) is 6.92 Å². The number of benzene rings is 2. The van der Waals surface area contributed by atoms with Gasteiger partial charge in [-0.25, -0.2) is 14.4 Å². The SMILES string of the molecule is CCCn1c(-c2cccc(F)c2)nc2nc(-c3cnn(Cc4cccc(C(F)(F)F)c4)c3)[nH]c2c1=O. The number of aromatic amines is 1. The van der Waals surface area contributed by atoms with E-state index in [0.717, 1.165) is 12.1 Å². The zero-order valence-electron chi connectivity index (χ0n) is 19.1. The molecule has 0 aliphatic carbocycles. The van der Waals surface area contributed by atoms with Crippen LogP contribution in [-0.4, -0.2) is 29.3 Å². The molecule has 0 aliphatic rings. The first-order chi connectivity index (χ1) is 17.2. The summed E-state index contributed by atoms with van der Waals surface area (Å²) in [6.45, 7) is 2.43. The summed E-state index contributed by atoms with van der Waals surface area (Å²) in [5.74, 6) is 0.206. The Hall–Kier alpha value is -4.28. The van der Waals surface area contributed by atoms with E-state index < -0.39 is 17.6 Å². The Morgan fingerprint density at radius 3 is 2.58 bits per heavy atom. The van der Waals surface area contributed by atoms with Crippen molar-refractivity contribution in [3.05, 3.63) is 88.2 Å². The number of H-pyrrole nitrogens is 1. The summed E-state index contributed by atoms with van der Waals surface area (Å²) in [7, 11) is 0. The molecule has 184 valence electrons. The zero-order valence-corrected chi connectivity index (χ0v) is 19.1. The maximum atomic E-state index is 13.8. The smallest absolute Gasteiger partial charge is 0.332 e. The first-order valence-corrected chi connectivity index (χ1v) is 11.2. The lowest BCUT2D eigenvalue weighted by molar-refractivity contribution is -0.137. The van der Waals surface area contributed by atoms with Crippen LogP contribution in [0.25, 0.3) is 33.9 Å². The second-order valence-electron chi connectivity index (χ2n) is 8.31. The van der Waals surface area contributed by atoms with Gasteiger partial charge in [-0.15, -0.1) is 0 Å². The van der Waals surface area contributed by atoms with E-state index in [0.29, 0.717) is 41.3 Å². The van der Waals surface area contributed by atoms with Gasteiger partial charge in [-0.2, -0.15) is 18.3 Å². The summed E-state index contributed by atoms with van der Waals surface area (Å²) in [6, 6.07) is 10.9. The molecule has 1 N–H and O–H groups in total. The molecule has 36 heavy (non-hydrogen) atoms. The molecule has 0 aliphatic heterocycles. The third-order valence-corrected chi connectivity index (χ3v) is 5.65. The lowest BCUT2D eigenvalue weighted by Gasteiger charge is -2.11. The molecule has 11 heteroatoms. The number of alkyl halides is 3. The number of nitrogens with zero attached hydrogens (tertiary/aromatic N) is 5. The molecule has 2 aromatic carbocycles. The second kappa shape index (κ2) is 9.06. The highest BCUT2D eigenvalue weighted by Gasteiger charge is 2.30. The molecular weight excluding hydrogens is 476 g/mol. The van der Waals surface area contributed by atoms with Crippen LogP contribution in [0.2, 0.25) is 0 Å². The van der Waals surface area contributed by atoms with Gasteiger partial charge in [0.15, 0.2) is 11.2 Å². The summed E-state index contributed by atoms with van der Waals surface area (Å²) in [5, 5.41) is 4.22. The van der Waals surface area contributed by atoms with E-state index in [1.165, 1.54) is 33.6 Å². The lowest BCUT2D eigenvalue weighted by atomic mass is 10.1. The van der Waals surface area contributed by atoms with Crippen LogP contribution in [0.1, 0.15) is 24.5 Å². The zero-order chi connectivity index (χ0) is 25.4. The number of hydrogen-bond donors (Lipinski definition) is 1. The average Bonchev–Trinajstić information content (AvgIpc) is 3.48. The van der Waals surface area contributed by atoms with Crippen molar-refractivity contribution in [3.8, 4) is 22.8 Å². The summed E-state index contributed by atoms with van der Waals surface area (Å²) < 4.78 is 55.9. The molecule has 0 saturated heterocycles. The fourth-order valence-corrected chi connectivity index (χ4v) is 4.01. The number of rotatable bonds is 6. The third-order valence-electron chi connectivity index (χ3n) is 5.65. The summed E-state index contributed by atoms with van der Waals surface area (Å²) in [5.41, 5.74) is 0.739. The molecule has 3 aromatic heterocycles. The van der Waals surface area contributed by atoms with Crippen molar-refractivity contribution in [1.29, 1.82) is 0 Å². The molecule has 0 spiro atoms. The van der Waals surface area contributed by atoms with Crippen LogP contribution < -0.4 is 5.56 Å². The topological polar surface area (TPSA) is 81.4 Å². The Balaban J connectivity index is 1.51. The van der Waals surface area contributed by atoms with Crippen LogP contribution in [0.15, 0.2) is 65.7 Å². The highest BCUT2D eigenvalue weighted by Crippen LogP contribution is 2.30. The molecule has 0 amide bonds. The van der Waals surface area contributed by atoms with Gasteiger partial charge in [-0.05, 0) is 36.2 Å². The van der Waals surface area contributed by atoms with E-state index in [2.05, 4.69) is 20.1 Å². The molecule has 0 radical (unpaired) electrons. The first-order valence-electron chi connectivity index (χ1n) is 11.2. The van der Waals surface area contributed by atoms with Gasteiger partial charge in [0.1, 0.15) is 17.5 Å². The van der Waals surface area contributed by atoms with Crippen molar-refractivity contribution in [2.75, 3.05) is 0 Å². The van der Waals surface area contributed by atoms with Crippen LogP contribution in [0.3, 0.4) is 0 Å². The number of aromatic nitrogens is 6. The van der Waals surface area contributed by atoms with E-state index >= 15 is 0 Å². The summed E-state index contributed by atoms with van der Waals surface area (Å²) in [4.78, 5) is 25.2. The van der Waals surface area contributed by atoms with Crippen LogP contribution >= 0.6 is 0 Å². The predicted octanol–water partition coefficient (Wildman–Crippen LogP) is 5.27. The lowest BCUT2D eigenvalue weighted by Crippen LogP contribution is -2.23. The fraction of sp³-hybridized carbons (Fsp3) is 0.200. The Kier molecular flexibility index (Phi) is 5.91. The van der Waals surface area contributed by atoms with Crippen molar-refractivity contribution < 1.29 is 17.6 Å². The van der Waals surface area contributed by atoms with Gasteiger partial charge < -0.3 is 4.98 Å². The molecule has 7 nitrogen and oxygen atoms in total. The monoisotopic (exact) mass is 496 g/mol. The van der Waals surface area contributed by atoms with Gasteiger partial charge in [0.25, 0.3) is 5.56 Å². The molecule has 5 aromatic rings. The van der Waals surface area contributed by atoms with Crippen molar-refractivity contribution >= 4 is 11.2 Å². The molecule has 0 unspecified atom stereocenters. The Morgan fingerprint density at radius 1 is 1.03 bits per heavy atom. The molecule has 0 saturated carbocycles. The minimum absolute atomic E-state index is 0.120. The largest absolute Gasteiger partial charge is 0.416 e.